The first-order valence-electron chi connectivity index (χ1n) is 6.99. The molecule has 0 saturated carbocycles. The van der Waals surface area contributed by atoms with Crippen LogP contribution < -0.4 is 0 Å². The van der Waals surface area contributed by atoms with Gasteiger partial charge >= 0.3 is 23.9 Å². The predicted octanol–water partition coefficient (Wildman–Crippen LogP) is 0.615. The summed E-state index contributed by atoms with van der Waals surface area (Å²) >= 11 is 0. The second kappa shape index (κ2) is 9.75. The Labute approximate surface area is 129 Å². The van der Waals surface area contributed by atoms with Gasteiger partial charge in [0.2, 0.25) is 0 Å². The largest absolute Gasteiger partial charge is 0.469 e. The lowest BCUT2D eigenvalue weighted by Gasteiger charge is -2.26. The first-order valence-corrected chi connectivity index (χ1v) is 6.99. The molecule has 0 aliphatic heterocycles. The van der Waals surface area contributed by atoms with Crippen LogP contribution in [-0.2, 0) is 38.1 Å². The Balaban J connectivity index is 5.67. The van der Waals surface area contributed by atoms with Crippen molar-refractivity contribution in [1.29, 1.82) is 0 Å². The normalized spacial score (nSPS) is 10.5. The number of methoxy groups -OCH3 is 1. The molecule has 0 aliphatic carbocycles. The first-order chi connectivity index (χ1) is 10.4. The lowest BCUT2D eigenvalue weighted by molar-refractivity contribution is -0.184. The molecule has 0 fully saturated rings. The summed E-state index contributed by atoms with van der Waals surface area (Å²) in [4.78, 5) is 48.0. The Morgan fingerprint density at radius 2 is 1.14 bits per heavy atom. The number of rotatable bonds is 9. The number of esters is 4. The molecule has 126 valence electrons. The summed E-state index contributed by atoms with van der Waals surface area (Å²) in [5.74, 6) is -3.98. The van der Waals surface area contributed by atoms with Crippen LogP contribution in [0.4, 0.5) is 0 Å². The molecule has 0 spiro atoms. The van der Waals surface area contributed by atoms with Crippen molar-refractivity contribution in [2.24, 2.45) is 5.41 Å². The zero-order valence-corrected chi connectivity index (χ0v) is 13.3. The van der Waals surface area contributed by atoms with Gasteiger partial charge in [0.1, 0.15) is 0 Å². The van der Waals surface area contributed by atoms with E-state index in [2.05, 4.69) is 4.74 Å². The first kappa shape index (κ1) is 19.9. The summed E-state index contributed by atoms with van der Waals surface area (Å²) in [6, 6.07) is 0. The van der Waals surface area contributed by atoms with E-state index in [9.17, 15) is 19.2 Å². The number of carbonyl (C=O) groups excluding carboxylic acids is 4. The summed E-state index contributed by atoms with van der Waals surface area (Å²) < 4.78 is 18.9. The van der Waals surface area contributed by atoms with Crippen molar-refractivity contribution in [2.75, 3.05) is 26.9 Å². The van der Waals surface area contributed by atoms with Crippen LogP contribution in [0.5, 0.6) is 0 Å². The topological polar surface area (TPSA) is 105 Å². The van der Waals surface area contributed by atoms with Gasteiger partial charge in [-0.3, -0.25) is 19.2 Å². The number of carbonyl (C=O) groups is 4. The van der Waals surface area contributed by atoms with Crippen molar-refractivity contribution in [2.45, 2.75) is 33.6 Å². The molecule has 0 bridgehead atoms. The minimum atomic E-state index is -2.32. The number of hydrogen-bond donors (Lipinski definition) is 0. The van der Waals surface area contributed by atoms with Crippen molar-refractivity contribution in [3.8, 4) is 0 Å². The smallest absolute Gasteiger partial charge is 0.335 e. The fourth-order valence-corrected chi connectivity index (χ4v) is 1.71. The van der Waals surface area contributed by atoms with Gasteiger partial charge < -0.3 is 18.9 Å². The summed E-state index contributed by atoms with van der Waals surface area (Å²) in [7, 11) is 1.16. The number of ether oxygens (including phenoxy) is 4. The van der Waals surface area contributed by atoms with E-state index >= 15 is 0 Å². The second-order valence-corrected chi connectivity index (χ2v) is 4.14. The molecule has 0 aliphatic rings. The highest BCUT2D eigenvalue weighted by Gasteiger charge is 2.57. The average Bonchev–Trinajstić information content (AvgIpc) is 2.48. The van der Waals surface area contributed by atoms with Gasteiger partial charge in [-0.2, -0.15) is 0 Å². The molecular formula is C14H22O8. The molecule has 0 aromatic rings. The zero-order chi connectivity index (χ0) is 17.2. The van der Waals surface area contributed by atoms with E-state index in [0.717, 1.165) is 7.11 Å². The van der Waals surface area contributed by atoms with Crippen LogP contribution in [0.1, 0.15) is 33.6 Å². The van der Waals surface area contributed by atoms with Crippen LogP contribution in [0.25, 0.3) is 0 Å². The summed E-state index contributed by atoms with van der Waals surface area (Å²) in [5.41, 5.74) is -2.32. The zero-order valence-electron chi connectivity index (χ0n) is 13.3. The maximum absolute atomic E-state index is 12.2. The Morgan fingerprint density at radius 3 is 1.41 bits per heavy atom. The Bertz CT molecular complexity index is 370. The fourth-order valence-electron chi connectivity index (χ4n) is 1.71. The number of hydrogen-bond acceptors (Lipinski definition) is 8. The molecule has 22 heavy (non-hydrogen) atoms. The monoisotopic (exact) mass is 318 g/mol. The van der Waals surface area contributed by atoms with E-state index in [1.165, 1.54) is 20.8 Å². The minimum absolute atomic E-state index is 0.0440. The van der Waals surface area contributed by atoms with Crippen molar-refractivity contribution in [3.63, 3.8) is 0 Å². The fraction of sp³-hybridized carbons (Fsp3) is 0.714. The summed E-state index contributed by atoms with van der Waals surface area (Å²) in [5, 5.41) is 0. The molecule has 0 saturated heterocycles. The highest BCUT2D eigenvalue weighted by atomic mass is 16.6. The molecule has 0 heterocycles. The molecule has 0 aromatic carbocycles. The maximum Gasteiger partial charge on any atom is 0.335 e. The second-order valence-electron chi connectivity index (χ2n) is 4.14. The van der Waals surface area contributed by atoms with Crippen molar-refractivity contribution >= 4 is 23.9 Å². The molecule has 0 amide bonds. The third-order valence-electron chi connectivity index (χ3n) is 2.80. The molecule has 0 aromatic heterocycles. The molecule has 0 rings (SSSR count). The lowest BCUT2D eigenvalue weighted by Crippen LogP contribution is -2.49. The van der Waals surface area contributed by atoms with Crippen LogP contribution in [0.2, 0.25) is 0 Å². The van der Waals surface area contributed by atoms with Crippen molar-refractivity contribution in [1.82, 2.24) is 0 Å². The van der Waals surface area contributed by atoms with Gasteiger partial charge in [0.15, 0.2) is 0 Å². The standard InChI is InChI=1S/C14H22O8/c1-5-20-11(16)14(12(17)21-6-2,13(18)22-7-3)9-8-10(15)19-4/h5-9H2,1-4H3. The van der Waals surface area contributed by atoms with Gasteiger partial charge in [0, 0.05) is 6.42 Å². The molecule has 0 unspecified atom stereocenters. The highest BCUT2D eigenvalue weighted by molar-refractivity contribution is 6.18. The third kappa shape index (κ3) is 4.71. The molecule has 0 N–H and O–H groups in total. The summed E-state index contributed by atoms with van der Waals surface area (Å²) in [6.07, 6.45) is -0.789. The quantitative estimate of drug-likeness (QED) is 0.346. The minimum Gasteiger partial charge on any atom is -0.469 e. The summed E-state index contributed by atoms with van der Waals surface area (Å²) in [6.45, 7) is 4.45. The van der Waals surface area contributed by atoms with Crippen LogP contribution >= 0.6 is 0 Å². The van der Waals surface area contributed by atoms with Crippen LogP contribution in [-0.4, -0.2) is 50.8 Å². The SMILES string of the molecule is CCOC(=O)C(CCC(=O)OC)(C(=O)OCC)C(=O)OCC. The Kier molecular flexibility index (Phi) is 8.81. The van der Waals surface area contributed by atoms with Gasteiger partial charge in [-0.15, -0.1) is 0 Å². The van der Waals surface area contributed by atoms with Crippen LogP contribution in [0.3, 0.4) is 0 Å². The van der Waals surface area contributed by atoms with Crippen LogP contribution in [0.15, 0.2) is 0 Å². The van der Waals surface area contributed by atoms with E-state index in [-0.39, 0.29) is 26.2 Å². The van der Waals surface area contributed by atoms with Gasteiger partial charge in [-0.1, -0.05) is 0 Å². The molecule has 0 radical (unpaired) electrons. The highest BCUT2D eigenvalue weighted by Crippen LogP contribution is 2.30. The lowest BCUT2D eigenvalue weighted by atomic mass is 9.83. The van der Waals surface area contributed by atoms with Gasteiger partial charge in [0.05, 0.1) is 26.9 Å². The average molecular weight is 318 g/mol. The van der Waals surface area contributed by atoms with E-state index in [4.69, 9.17) is 14.2 Å². The molecule has 8 heteroatoms. The van der Waals surface area contributed by atoms with Crippen LogP contribution in [0, 0.1) is 5.41 Å². The van der Waals surface area contributed by atoms with Crippen molar-refractivity contribution < 1.29 is 38.1 Å². The Morgan fingerprint density at radius 1 is 0.773 bits per heavy atom. The van der Waals surface area contributed by atoms with E-state index in [0.29, 0.717) is 0 Å². The maximum atomic E-state index is 12.2. The van der Waals surface area contributed by atoms with E-state index < -0.39 is 35.7 Å². The third-order valence-corrected chi connectivity index (χ3v) is 2.80. The van der Waals surface area contributed by atoms with Gasteiger partial charge in [-0.25, -0.2) is 0 Å². The predicted molar refractivity (Wildman–Crippen MR) is 73.6 cm³/mol. The molecule has 8 nitrogen and oxygen atoms in total. The molecular weight excluding hydrogens is 296 g/mol. The van der Waals surface area contributed by atoms with Crippen molar-refractivity contribution in [3.05, 3.63) is 0 Å². The van der Waals surface area contributed by atoms with E-state index in [1.807, 2.05) is 0 Å². The van der Waals surface area contributed by atoms with E-state index in [1.54, 1.807) is 0 Å². The molecule has 0 atom stereocenters. The van der Waals surface area contributed by atoms with Gasteiger partial charge in [-0.05, 0) is 27.2 Å². The Hall–Kier alpha value is -2.12. The van der Waals surface area contributed by atoms with Gasteiger partial charge in [0.25, 0.3) is 5.41 Å².